The summed E-state index contributed by atoms with van der Waals surface area (Å²) in [6, 6.07) is -0.0872. The van der Waals surface area contributed by atoms with Crippen molar-refractivity contribution < 1.29 is 9.90 Å². The molecule has 0 spiro atoms. The highest BCUT2D eigenvalue weighted by molar-refractivity contribution is 5.73. The van der Waals surface area contributed by atoms with Gasteiger partial charge in [0.05, 0.1) is 12.0 Å². The van der Waals surface area contributed by atoms with Gasteiger partial charge in [0.2, 0.25) is 0 Å². The Morgan fingerprint density at radius 2 is 2.22 bits per heavy atom. The normalized spacial score (nSPS) is 13.2. The quantitative estimate of drug-likeness (QED) is 0.809. The second-order valence-electron chi connectivity index (χ2n) is 4.94. The molecule has 1 rings (SSSR count). The molecule has 1 N–H and O–H groups in total. The molecule has 1 unspecified atom stereocenters. The Hall–Kier alpha value is -1.36. The lowest BCUT2D eigenvalue weighted by molar-refractivity contribution is -0.143. The van der Waals surface area contributed by atoms with E-state index in [0.717, 1.165) is 12.1 Å². The minimum absolute atomic E-state index is 0.338. The fraction of sp³-hybridized carbons (Fsp3) is 0.692. The van der Waals surface area contributed by atoms with Gasteiger partial charge in [-0.2, -0.15) is 0 Å². The number of carbonyl (C=O) groups is 1. The number of carboxylic acid groups (broad SMARTS) is 1. The molecule has 1 aromatic heterocycles. The Morgan fingerprint density at radius 1 is 1.56 bits per heavy atom. The van der Waals surface area contributed by atoms with Crippen molar-refractivity contribution in [3.8, 4) is 0 Å². The van der Waals surface area contributed by atoms with Gasteiger partial charge in [0.25, 0.3) is 0 Å². The molecule has 1 atom stereocenters. The van der Waals surface area contributed by atoms with E-state index < -0.39 is 12.0 Å². The predicted octanol–water partition coefficient (Wildman–Crippen LogP) is 2.15. The summed E-state index contributed by atoms with van der Waals surface area (Å²) in [5, 5.41) is 9.22. The van der Waals surface area contributed by atoms with Crippen LogP contribution in [0.3, 0.4) is 0 Å². The first kappa shape index (κ1) is 14.7. The van der Waals surface area contributed by atoms with Gasteiger partial charge < -0.3 is 9.67 Å². The van der Waals surface area contributed by atoms with E-state index in [2.05, 4.69) is 23.4 Å². The van der Waals surface area contributed by atoms with Crippen molar-refractivity contribution in [1.29, 1.82) is 0 Å². The number of likely N-dealkylation sites (N-methyl/N-ethyl adjacent to an activating group) is 1. The zero-order chi connectivity index (χ0) is 13.7. The maximum absolute atomic E-state index is 11.2. The van der Waals surface area contributed by atoms with Crippen LogP contribution in [0.15, 0.2) is 12.5 Å². The first-order valence-electron chi connectivity index (χ1n) is 6.41. The van der Waals surface area contributed by atoms with E-state index in [1.165, 1.54) is 0 Å². The molecule has 5 nitrogen and oxygen atoms in total. The molecule has 0 radical (unpaired) electrons. The average molecular weight is 253 g/mol. The lowest BCUT2D eigenvalue weighted by Crippen LogP contribution is -2.38. The molecule has 0 fully saturated rings. The minimum atomic E-state index is -0.755. The first-order valence-corrected chi connectivity index (χ1v) is 6.41. The number of aliphatic carboxylic acids is 1. The van der Waals surface area contributed by atoms with Crippen LogP contribution < -0.4 is 0 Å². The molecule has 5 heteroatoms. The third-order valence-corrected chi connectivity index (χ3v) is 3.09. The third-order valence-electron chi connectivity index (χ3n) is 3.09. The molecule has 1 aromatic rings. The smallest absolute Gasteiger partial charge is 0.320 e. The van der Waals surface area contributed by atoms with E-state index in [4.69, 9.17) is 0 Å². The van der Waals surface area contributed by atoms with E-state index in [1.54, 1.807) is 12.5 Å². The van der Waals surface area contributed by atoms with Crippen molar-refractivity contribution in [3.05, 3.63) is 18.2 Å². The van der Waals surface area contributed by atoms with E-state index >= 15 is 0 Å². The van der Waals surface area contributed by atoms with Gasteiger partial charge in [-0.3, -0.25) is 9.69 Å². The zero-order valence-electron chi connectivity index (χ0n) is 11.6. The predicted molar refractivity (Wildman–Crippen MR) is 70.4 cm³/mol. The summed E-state index contributed by atoms with van der Waals surface area (Å²) >= 11 is 0. The third kappa shape index (κ3) is 3.57. The molecule has 102 valence electrons. The van der Waals surface area contributed by atoms with Crippen LogP contribution in [-0.2, 0) is 11.3 Å². The molecule has 0 saturated carbocycles. The molecule has 1 heterocycles. The van der Waals surface area contributed by atoms with Crippen molar-refractivity contribution in [2.24, 2.45) is 0 Å². The SMILES string of the molecule is CCCC(C(=O)O)N(C)Cc1cncn1C(C)C. The Labute approximate surface area is 108 Å². The number of rotatable bonds is 7. The number of hydrogen-bond donors (Lipinski definition) is 1. The lowest BCUT2D eigenvalue weighted by atomic mass is 10.1. The summed E-state index contributed by atoms with van der Waals surface area (Å²) in [5.74, 6) is -0.755. The molecule has 18 heavy (non-hydrogen) atoms. The maximum atomic E-state index is 11.2. The summed E-state index contributed by atoms with van der Waals surface area (Å²) < 4.78 is 2.07. The molecule has 0 amide bonds. The van der Waals surface area contributed by atoms with Gasteiger partial charge in [0.15, 0.2) is 0 Å². The Bertz CT molecular complexity index is 387. The molecule has 0 bridgehead atoms. The largest absolute Gasteiger partial charge is 0.480 e. The van der Waals surface area contributed by atoms with E-state index in [0.29, 0.717) is 19.0 Å². The maximum Gasteiger partial charge on any atom is 0.320 e. The zero-order valence-corrected chi connectivity index (χ0v) is 11.6. The fourth-order valence-corrected chi connectivity index (χ4v) is 2.09. The van der Waals surface area contributed by atoms with Gasteiger partial charge in [-0.05, 0) is 27.3 Å². The van der Waals surface area contributed by atoms with Crippen molar-refractivity contribution in [2.45, 2.75) is 52.2 Å². The Kier molecular flexibility index (Phi) is 5.34. The van der Waals surface area contributed by atoms with Crippen molar-refractivity contribution in [3.63, 3.8) is 0 Å². The van der Waals surface area contributed by atoms with Crippen molar-refractivity contribution >= 4 is 5.97 Å². The van der Waals surface area contributed by atoms with Gasteiger partial charge in [-0.1, -0.05) is 13.3 Å². The van der Waals surface area contributed by atoms with Crippen molar-refractivity contribution in [1.82, 2.24) is 14.5 Å². The molecule has 0 aliphatic heterocycles. The number of carboxylic acids is 1. The van der Waals surface area contributed by atoms with Crippen LogP contribution in [0.2, 0.25) is 0 Å². The standard InChI is InChI=1S/C13H23N3O2/c1-5-6-12(13(17)18)15(4)8-11-7-14-9-16(11)10(2)3/h7,9-10,12H,5-6,8H2,1-4H3,(H,17,18). The van der Waals surface area contributed by atoms with E-state index in [-0.39, 0.29) is 0 Å². The number of imidazole rings is 1. The summed E-state index contributed by atoms with van der Waals surface area (Å²) in [7, 11) is 1.85. The van der Waals surface area contributed by atoms with Gasteiger partial charge in [0, 0.05) is 18.8 Å². The van der Waals surface area contributed by atoms with E-state index in [1.807, 2.05) is 18.9 Å². The number of aromatic nitrogens is 2. The molecule has 0 aliphatic carbocycles. The molecular formula is C13H23N3O2. The van der Waals surface area contributed by atoms with Gasteiger partial charge in [-0.15, -0.1) is 0 Å². The molecular weight excluding hydrogens is 230 g/mol. The lowest BCUT2D eigenvalue weighted by Gasteiger charge is -2.25. The van der Waals surface area contributed by atoms with Crippen LogP contribution in [0.4, 0.5) is 0 Å². The topological polar surface area (TPSA) is 58.4 Å². The molecule has 0 aromatic carbocycles. The van der Waals surface area contributed by atoms with Gasteiger partial charge in [0.1, 0.15) is 6.04 Å². The minimum Gasteiger partial charge on any atom is -0.480 e. The highest BCUT2D eigenvalue weighted by Crippen LogP contribution is 2.14. The van der Waals surface area contributed by atoms with Gasteiger partial charge in [-0.25, -0.2) is 4.98 Å². The van der Waals surface area contributed by atoms with Crippen LogP contribution in [0.1, 0.15) is 45.3 Å². The number of hydrogen-bond acceptors (Lipinski definition) is 3. The fourth-order valence-electron chi connectivity index (χ4n) is 2.09. The number of nitrogens with zero attached hydrogens (tertiary/aromatic N) is 3. The average Bonchev–Trinajstić information content (AvgIpc) is 2.73. The van der Waals surface area contributed by atoms with Crippen LogP contribution in [0.5, 0.6) is 0 Å². The first-order chi connectivity index (χ1) is 8.47. The van der Waals surface area contributed by atoms with E-state index in [9.17, 15) is 9.90 Å². The second-order valence-corrected chi connectivity index (χ2v) is 4.94. The van der Waals surface area contributed by atoms with Gasteiger partial charge >= 0.3 is 5.97 Å². The molecule has 0 saturated heterocycles. The summed E-state index contributed by atoms with van der Waals surface area (Å²) in [5.41, 5.74) is 1.05. The highest BCUT2D eigenvalue weighted by atomic mass is 16.4. The second kappa shape index (κ2) is 6.54. The summed E-state index contributed by atoms with van der Waals surface area (Å²) in [4.78, 5) is 17.2. The summed E-state index contributed by atoms with van der Waals surface area (Å²) in [6.07, 6.45) is 5.14. The Morgan fingerprint density at radius 3 is 2.72 bits per heavy atom. The monoisotopic (exact) mass is 253 g/mol. The highest BCUT2D eigenvalue weighted by Gasteiger charge is 2.22. The van der Waals surface area contributed by atoms with Crippen LogP contribution in [0, 0.1) is 0 Å². The Balaban J connectivity index is 2.76. The van der Waals surface area contributed by atoms with Crippen LogP contribution in [0.25, 0.3) is 0 Å². The van der Waals surface area contributed by atoms with Crippen LogP contribution in [-0.4, -0.2) is 38.6 Å². The summed E-state index contributed by atoms with van der Waals surface area (Å²) in [6.45, 7) is 6.79. The van der Waals surface area contributed by atoms with Crippen LogP contribution >= 0.6 is 0 Å². The molecule has 0 aliphatic rings. The van der Waals surface area contributed by atoms with Crippen molar-refractivity contribution in [2.75, 3.05) is 7.05 Å².